The van der Waals surface area contributed by atoms with Crippen molar-refractivity contribution in [3.63, 3.8) is 0 Å². The molecule has 33 heavy (non-hydrogen) atoms. The van der Waals surface area contributed by atoms with Crippen LogP contribution in [0.3, 0.4) is 0 Å². The van der Waals surface area contributed by atoms with E-state index in [9.17, 15) is 9.90 Å². The summed E-state index contributed by atoms with van der Waals surface area (Å²) in [4.78, 5) is 14.8. The minimum atomic E-state index is -1.08. The molecule has 0 heterocycles. The number of nitrogens with zero attached hydrogens (tertiary/aromatic N) is 1. The van der Waals surface area contributed by atoms with Gasteiger partial charge in [0.25, 0.3) is 0 Å². The lowest BCUT2D eigenvalue weighted by molar-refractivity contribution is -0.139. The molecule has 1 aliphatic rings. The lowest BCUT2D eigenvalue weighted by Crippen LogP contribution is -2.46. The molecular weight excluding hydrogens is 414 g/mol. The second-order valence-corrected chi connectivity index (χ2v) is 8.87. The summed E-state index contributed by atoms with van der Waals surface area (Å²) in [5, 5.41) is 11.6. The molecule has 1 aliphatic carbocycles. The summed E-state index contributed by atoms with van der Waals surface area (Å²) in [5.74, 6) is 1.62. The highest BCUT2D eigenvalue weighted by molar-refractivity contribution is 5.85. The minimum Gasteiger partial charge on any atom is -0.453 e. The number of aliphatic hydroxyl groups is 1. The number of hydrogen-bond acceptors (Lipinski definition) is 4. The first kappa shape index (κ1) is 22.9. The van der Waals surface area contributed by atoms with E-state index >= 15 is 0 Å². The fraction of sp³-hybridized carbons (Fsp3) is 0.321. The predicted molar refractivity (Wildman–Crippen MR) is 129 cm³/mol. The standard InChI is InChI=1S/C28H31NO4/c1-29(2)27(30)26(28(31)18-10-5-11-19-28)21-16-17-24(32-22-12-6-3-7-13-22)25(20-21)33-23-14-8-4-9-15-23/h3-4,6-9,12-17,20,26,31H,5,10-11,18-19H2,1-2H3. The van der Waals surface area contributed by atoms with Crippen molar-refractivity contribution < 1.29 is 19.4 Å². The van der Waals surface area contributed by atoms with Crippen molar-refractivity contribution in [2.24, 2.45) is 0 Å². The van der Waals surface area contributed by atoms with Crippen molar-refractivity contribution in [1.29, 1.82) is 0 Å². The number of carbonyl (C=O) groups is 1. The zero-order chi connectivity index (χ0) is 23.3. The number of para-hydroxylation sites is 2. The van der Waals surface area contributed by atoms with Crippen molar-refractivity contribution in [3.05, 3.63) is 84.4 Å². The molecule has 0 radical (unpaired) electrons. The third kappa shape index (κ3) is 5.37. The van der Waals surface area contributed by atoms with Crippen LogP contribution in [-0.2, 0) is 4.79 Å². The van der Waals surface area contributed by atoms with E-state index in [-0.39, 0.29) is 5.91 Å². The fourth-order valence-corrected chi connectivity index (χ4v) is 4.49. The highest BCUT2D eigenvalue weighted by Crippen LogP contribution is 2.44. The quantitative estimate of drug-likeness (QED) is 0.475. The molecule has 0 aliphatic heterocycles. The van der Waals surface area contributed by atoms with Gasteiger partial charge in [0.1, 0.15) is 11.5 Å². The summed E-state index contributed by atoms with van der Waals surface area (Å²) in [6, 6.07) is 24.5. The molecule has 0 aromatic heterocycles. The van der Waals surface area contributed by atoms with Crippen LogP contribution in [-0.4, -0.2) is 35.6 Å². The highest BCUT2D eigenvalue weighted by atomic mass is 16.5. The Bertz CT molecular complexity index is 1060. The number of amides is 1. The maximum absolute atomic E-state index is 13.3. The molecule has 3 aromatic carbocycles. The van der Waals surface area contributed by atoms with E-state index < -0.39 is 11.5 Å². The second-order valence-electron chi connectivity index (χ2n) is 8.87. The number of hydrogen-bond donors (Lipinski definition) is 1. The number of rotatable bonds is 7. The van der Waals surface area contributed by atoms with Crippen LogP contribution in [0.2, 0.25) is 0 Å². The summed E-state index contributed by atoms with van der Waals surface area (Å²) < 4.78 is 12.3. The largest absolute Gasteiger partial charge is 0.453 e. The molecule has 0 spiro atoms. The predicted octanol–water partition coefficient (Wildman–Crippen LogP) is 6.14. The minimum absolute atomic E-state index is 0.109. The third-order valence-corrected chi connectivity index (χ3v) is 6.19. The van der Waals surface area contributed by atoms with E-state index in [1.54, 1.807) is 19.0 Å². The molecule has 1 fully saturated rings. The Morgan fingerprint density at radius 2 is 1.36 bits per heavy atom. The average molecular weight is 446 g/mol. The molecule has 1 unspecified atom stereocenters. The van der Waals surface area contributed by atoms with Crippen LogP contribution in [0.5, 0.6) is 23.0 Å². The van der Waals surface area contributed by atoms with E-state index in [0.717, 1.165) is 24.8 Å². The number of likely N-dealkylation sites (N-methyl/N-ethyl adjacent to an activating group) is 1. The summed E-state index contributed by atoms with van der Waals surface area (Å²) in [6.45, 7) is 0. The molecule has 1 saturated carbocycles. The molecule has 5 heteroatoms. The van der Waals surface area contributed by atoms with Crippen LogP contribution in [0.25, 0.3) is 0 Å². The van der Waals surface area contributed by atoms with Gasteiger partial charge in [-0.15, -0.1) is 0 Å². The average Bonchev–Trinajstić information content (AvgIpc) is 2.82. The Balaban J connectivity index is 1.76. The van der Waals surface area contributed by atoms with Gasteiger partial charge in [-0.3, -0.25) is 4.79 Å². The van der Waals surface area contributed by atoms with Crippen LogP contribution < -0.4 is 9.47 Å². The van der Waals surface area contributed by atoms with Gasteiger partial charge < -0.3 is 19.5 Å². The SMILES string of the molecule is CN(C)C(=O)C(c1ccc(Oc2ccccc2)c(Oc2ccccc2)c1)C1(O)CCCCC1. The second kappa shape index (κ2) is 10.1. The zero-order valence-electron chi connectivity index (χ0n) is 19.2. The molecular formula is C28H31NO4. The van der Waals surface area contributed by atoms with E-state index in [2.05, 4.69) is 0 Å². The Labute approximate surface area is 195 Å². The first-order valence-electron chi connectivity index (χ1n) is 11.5. The summed E-state index contributed by atoms with van der Waals surface area (Å²) in [5.41, 5.74) is -0.352. The first-order valence-corrected chi connectivity index (χ1v) is 11.5. The van der Waals surface area contributed by atoms with Crippen LogP contribution in [0.4, 0.5) is 0 Å². The maximum Gasteiger partial charge on any atom is 0.232 e. The molecule has 4 rings (SSSR count). The molecule has 172 valence electrons. The summed E-state index contributed by atoms with van der Waals surface area (Å²) >= 11 is 0. The third-order valence-electron chi connectivity index (χ3n) is 6.19. The van der Waals surface area contributed by atoms with E-state index in [1.807, 2.05) is 78.9 Å². The van der Waals surface area contributed by atoms with Gasteiger partial charge in [0.15, 0.2) is 11.5 Å². The molecule has 1 atom stereocenters. The van der Waals surface area contributed by atoms with Gasteiger partial charge in [0.2, 0.25) is 5.91 Å². The Morgan fingerprint density at radius 3 is 1.91 bits per heavy atom. The van der Waals surface area contributed by atoms with E-state index in [4.69, 9.17) is 9.47 Å². The normalized spacial score (nSPS) is 16.0. The van der Waals surface area contributed by atoms with Gasteiger partial charge in [-0.25, -0.2) is 0 Å². The zero-order valence-corrected chi connectivity index (χ0v) is 19.2. The van der Waals surface area contributed by atoms with E-state index in [0.29, 0.717) is 35.8 Å². The van der Waals surface area contributed by atoms with Crippen LogP contribution in [0.1, 0.15) is 43.6 Å². The molecule has 5 nitrogen and oxygen atoms in total. The van der Waals surface area contributed by atoms with E-state index in [1.165, 1.54) is 0 Å². The van der Waals surface area contributed by atoms with Crippen molar-refractivity contribution >= 4 is 5.91 Å². The Morgan fingerprint density at radius 1 is 0.818 bits per heavy atom. The molecule has 1 amide bonds. The molecule has 1 N–H and O–H groups in total. The lowest BCUT2D eigenvalue weighted by atomic mass is 9.72. The fourth-order valence-electron chi connectivity index (χ4n) is 4.49. The Kier molecular flexibility index (Phi) is 6.99. The van der Waals surface area contributed by atoms with Crippen LogP contribution >= 0.6 is 0 Å². The summed E-state index contributed by atoms with van der Waals surface area (Å²) in [6.07, 6.45) is 4.12. The van der Waals surface area contributed by atoms with Crippen LogP contribution in [0, 0.1) is 0 Å². The van der Waals surface area contributed by atoms with Crippen molar-refractivity contribution in [2.75, 3.05) is 14.1 Å². The van der Waals surface area contributed by atoms with Gasteiger partial charge in [0.05, 0.1) is 11.5 Å². The molecule has 3 aromatic rings. The smallest absolute Gasteiger partial charge is 0.232 e. The van der Waals surface area contributed by atoms with Crippen molar-refractivity contribution in [1.82, 2.24) is 4.90 Å². The number of ether oxygens (including phenoxy) is 2. The van der Waals surface area contributed by atoms with Gasteiger partial charge in [0, 0.05) is 14.1 Å². The van der Waals surface area contributed by atoms with Crippen molar-refractivity contribution in [2.45, 2.75) is 43.6 Å². The van der Waals surface area contributed by atoms with Gasteiger partial charge >= 0.3 is 0 Å². The van der Waals surface area contributed by atoms with Crippen LogP contribution in [0.15, 0.2) is 78.9 Å². The van der Waals surface area contributed by atoms with Crippen molar-refractivity contribution in [3.8, 4) is 23.0 Å². The Hall–Kier alpha value is -3.31. The monoisotopic (exact) mass is 445 g/mol. The lowest BCUT2D eigenvalue weighted by Gasteiger charge is -2.39. The number of benzene rings is 3. The summed E-state index contributed by atoms with van der Waals surface area (Å²) in [7, 11) is 3.46. The number of carbonyl (C=O) groups excluding carboxylic acids is 1. The topological polar surface area (TPSA) is 59.0 Å². The highest BCUT2D eigenvalue weighted by Gasteiger charge is 2.44. The first-order chi connectivity index (χ1) is 16.0. The van der Waals surface area contributed by atoms with Gasteiger partial charge in [-0.05, 0) is 54.8 Å². The van der Waals surface area contributed by atoms with Gasteiger partial charge in [-0.1, -0.05) is 61.7 Å². The molecule has 0 bridgehead atoms. The molecule has 0 saturated heterocycles. The van der Waals surface area contributed by atoms with Gasteiger partial charge in [-0.2, -0.15) is 0 Å². The maximum atomic E-state index is 13.3.